The van der Waals surface area contributed by atoms with Gasteiger partial charge in [0.2, 0.25) is 0 Å². The van der Waals surface area contributed by atoms with Crippen LogP contribution in [0.1, 0.15) is 45.4 Å². The topological polar surface area (TPSA) is 35.6 Å². The van der Waals surface area contributed by atoms with E-state index in [2.05, 4.69) is 34.2 Å². The van der Waals surface area contributed by atoms with Crippen LogP contribution in [-0.4, -0.2) is 54.6 Å². The van der Waals surface area contributed by atoms with E-state index < -0.39 is 0 Å². The van der Waals surface area contributed by atoms with Gasteiger partial charge in [0.05, 0.1) is 0 Å². The van der Waals surface area contributed by atoms with Gasteiger partial charge in [-0.15, -0.1) is 0 Å². The number of nitrogens with zero attached hydrogens (tertiary/aromatic N) is 2. The molecule has 2 atom stereocenters. The lowest BCUT2D eigenvalue weighted by Gasteiger charge is -2.33. The van der Waals surface area contributed by atoms with Gasteiger partial charge in [0, 0.05) is 32.2 Å². The summed E-state index contributed by atoms with van der Waals surface area (Å²) in [5.41, 5.74) is 0. The molecule has 3 aliphatic rings. The molecule has 0 aromatic carbocycles. The summed E-state index contributed by atoms with van der Waals surface area (Å²) in [5.74, 6) is 1.40. The number of nitrogens with one attached hydrogen (secondary N) is 1. The number of hydrogen-bond acceptors (Lipinski definition) is 2. The standard InChI is InChI=1S/C18H31N3O/c1-2-3-10-20-11-8-17(9-12-20)19-18(22)21-13-15-6-4-5-7-16(15)14-21/h4-5,15-17H,2-3,6-14H2,1H3,(H,19,22)/t15-,16-/m0/s1. The number of hydrogen-bond donors (Lipinski definition) is 1. The molecular formula is C18H31N3O. The number of allylic oxidation sites excluding steroid dienone is 2. The van der Waals surface area contributed by atoms with Gasteiger partial charge < -0.3 is 15.1 Å². The van der Waals surface area contributed by atoms with Gasteiger partial charge in [-0.3, -0.25) is 0 Å². The Bertz CT molecular complexity index is 385. The molecule has 2 aliphatic heterocycles. The van der Waals surface area contributed by atoms with Crippen molar-refractivity contribution < 1.29 is 4.79 Å². The maximum Gasteiger partial charge on any atom is 0.317 e. The summed E-state index contributed by atoms with van der Waals surface area (Å²) in [5, 5.41) is 3.29. The minimum atomic E-state index is 0.182. The van der Waals surface area contributed by atoms with Crippen LogP contribution in [0.3, 0.4) is 0 Å². The summed E-state index contributed by atoms with van der Waals surface area (Å²) in [6.45, 7) is 7.66. The van der Waals surface area contributed by atoms with E-state index in [1.54, 1.807) is 0 Å². The molecule has 1 N–H and O–H groups in total. The second-order valence-electron chi connectivity index (χ2n) is 7.29. The average Bonchev–Trinajstić information content (AvgIpc) is 2.98. The van der Waals surface area contributed by atoms with Crippen molar-refractivity contribution in [1.82, 2.24) is 15.1 Å². The largest absolute Gasteiger partial charge is 0.335 e. The van der Waals surface area contributed by atoms with E-state index in [-0.39, 0.29) is 6.03 Å². The van der Waals surface area contributed by atoms with E-state index in [1.165, 1.54) is 19.4 Å². The molecular weight excluding hydrogens is 274 g/mol. The zero-order valence-corrected chi connectivity index (χ0v) is 14.0. The number of rotatable bonds is 4. The summed E-state index contributed by atoms with van der Waals surface area (Å²) in [4.78, 5) is 17.1. The molecule has 2 heterocycles. The number of amides is 2. The molecule has 2 amide bonds. The molecule has 0 saturated carbocycles. The normalized spacial score (nSPS) is 29.6. The first-order valence-corrected chi connectivity index (χ1v) is 9.19. The van der Waals surface area contributed by atoms with Crippen molar-refractivity contribution in [3.05, 3.63) is 12.2 Å². The third-order valence-electron chi connectivity index (χ3n) is 5.65. The van der Waals surface area contributed by atoms with Crippen LogP contribution in [0, 0.1) is 11.8 Å². The predicted molar refractivity (Wildman–Crippen MR) is 89.8 cm³/mol. The van der Waals surface area contributed by atoms with Gasteiger partial charge >= 0.3 is 6.03 Å². The van der Waals surface area contributed by atoms with Crippen LogP contribution >= 0.6 is 0 Å². The molecule has 0 spiro atoms. The van der Waals surface area contributed by atoms with Gasteiger partial charge in [-0.2, -0.15) is 0 Å². The van der Waals surface area contributed by atoms with Crippen molar-refractivity contribution in [2.24, 2.45) is 11.8 Å². The summed E-state index contributed by atoms with van der Waals surface area (Å²) in [6, 6.07) is 0.563. The molecule has 0 bridgehead atoms. The number of piperidine rings is 1. The Morgan fingerprint density at radius 1 is 1.14 bits per heavy atom. The highest BCUT2D eigenvalue weighted by molar-refractivity contribution is 5.75. The molecule has 0 unspecified atom stereocenters. The fourth-order valence-electron chi connectivity index (χ4n) is 4.13. The summed E-state index contributed by atoms with van der Waals surface area (Å²) < 4.78 is 0. The van der Waals surface area contributed by atoms with Crippen molar-refractivity contribution in [2.75, 3.05) is 32.7 Å². The molecule has 2 saturated heterocycles. The van der Waals surface area contributed by atoms with Gasteiger partial charge in [0.25, 0.3) is 0 Å². The van der Waals surface area contributed by atoms with Gasteiger partial charge in [0.1, 0.15) is 0 Å². The molecule has 3 rings (SSSR count). The van der Waals surface area contributed by atoms with E-state index in [4.69, 9.17) is 0 Å². The van der Waals surface area contributed by atoms with Crippen molar-refractivity contribution in [3.8, 4) is 0 Å². The van der Waals surface area contributed by atoms with Crippen LogP contribution in [-0.2, 0) is 0 Å². The molecule has 124 valence electrons. The van der Waals surface area contributed by atoms with Gasteiger partial charge in [-0.1, -0.05) is 25.5 Å². The van der Waals surface area contributed by atoms with Crippen molar-refractivity contribution in [1.29, 1.82) is 0 Å². The lowest BCUT2D eigenvalue weighted by molar-refractivity contribution is 0.175. The van der Waals surface area contributed by atoms with E-state index in [1.807, 2.05) is 0 Å². The maximum absolute atomic E-state index is 12.5. The lowest BCUT2D eigenvalue weighted by atomic mass is 9.86. The second-order valence-corrected chi connectivity index (χ2v) is 7.29. The SMILES string of the molecule is CCCCN1CCC(NC(=O)N2C[C@@H]3CC=CC[C@H]3C2)CC1. The number of likely N-dealkylation sites (tertiary alicyclic amines) is 2. The second kappa shape index (κ2) is 7.49. The molecule has 0 aromatic rings. The third-order valence-corrected chi connectivity index (χ3v) is 5.65. The van der Waals surface area contributed by atoms with E-state index in [9.17, 15) is 4.79 Å². The Balaban J connectivity index is 1.40. The summed E-state index contributed by atoms with van der Waals surface area (Å²) in [7, 11) is 0. The Morgan fingerprint density at radius 3 is 2.36 bits per heavy atom. The number of unbranched alkanes of at least 4 members (excludes halogenated alkanes) is 1. The first-order valence-electron chi connectivity index (χ1n) is 9.19. The highest BCUT2D eigenvalue weighted by Crippen LogP contribution is 2.32. The maximum atomic E-state index is 12.5. The zero-order valence-electron chi connectivity index (χ0n) is 14.0. The fraction of sp³-hybridized carbons (Fsp3) is 0.833. The van der Waals surface area contributed by atoms with E-state index >= 15 is 0 Å². The number of urea groups is 1. The predicted octanol–water partition coefficient (Wildman–Crippen LogP) is 2.86. The molecule has 22 heavy (non-hydrogen) atoms. The Morgan fingerprint density at radius 2 is 1.77 bits per heavy atom. The lowest BCUT2D eigenvalue weighted by Crippen LogP contribution is -2.49. The Labute approximate surface area is 134 Å². The van der Waals surface area contributed by atoms with E-state index in [0.29, 0.717) is 17.9 Å². The van der Waals surface area contributed by atoms with Crippen molar-refractivity contribution in [2.45, 2.75) is 51.5 Å². The van der Waals surface area contributed by atoms with Gasteiger partial charge in [-0.05, 0) is 50.5 Å². The van der Waals surface area contributed by atoms with Crippen molar-refractivity contribution in [3.63, 3.8) is 0 Å². The first kappa shape index (κ1) is 15.9. The first-order chi connectivity index (χ1) is 10.8. The molecule has 4 heteroatoms. The van der Waals surface area contributed by atoms with Crippen LogP contribution in [0.2, 0.25) is 0 Å². The molecule has 0 radical (unpaired) electrons. The zero-order chi connectivity index (χ0) is 15.4. The monoisotopic (exact) mass is 305 g/mol. The quantitative estimate of drug-likeness (QED) is 0.811. The number of fused-ring (bicyclic) bond motifs is 1. The number of carbonyl (C=O) groups is 1. The van der Waals surface area contributed by atoms with Crippen LogP contribution in [0.25, 0.3) is 0 Å². The highest BCUT2D eigenvalue weighted by Gasteiger charge is 2.35. The highest BCUT2D eigenvalue weighted by atomic mass is 16.2. The Hall–Kier alpha value is -1.03. The number of carbonyl (C=O) groups excluding carboxylic acids is 1. The van der Waals surface area contributed by atoms with Gasteiger partial charge in [0.15, 0.2) is 0 Å². The van der Waals surface area contributed by atoms with Gasteiger partial charge in [-0.25, -0.2) is 4.79 Å². The molecule has 0 aromatic heterocycles. The Kier molecular flexibility index (Phi) is 5.40. The molecule has 2 fully saturated rings. The van der Waals surface area contributed by atoms with E-state index in [0.717, 1.165) is 51.9 Å². The van der Waals surface area contributed by atoms with Crippen LogP contribution < -0.4 is 5.32 Å². The summed E-state index contributed by atoms with van der Waals surface area (Å²) >= 11 is 0. The molecule has 1 aliphatic carbocycles. The minimum Gasteiger partial charge on any atom is -0.335 e. The molecule has 4 nitrogen and oxygen atoms in total. The van der Waals surface area contributed by atoms with Crippen molar-refractivity contribution >= 4 is 6.03 Å². The summed E-state index contributed by atoms with van der Waals surface area (Å²) in [6.07, 6.45) is 11.7. The van der Waals surface area contributed by atoms with Crippen LogP contribution in [0.5, 0.6) is 0 Å². The average molecular weight is 305 g/mol. The third kappa shape index (κ3) is 3.83. The minimum absolute atomic E-state index is 0.182. The smallest absolute Gasteiger partial charge is 0.317 e. The van der Waals surface area contributed by atoms with Crippen LogP contribution in [0.15, 0.2) is 12.2 Å². The fourth-order valence-corrected chi connectivity index (χ4v) is 4.13. The van der Waals surface area contributed by atoms with Crippen LogP contribution in [0.4, 0.5) is 4.79 Å².